The number of fused-ring (bicyclic) bond motifs is 5. The van der Waals surface area contributed by atoms with Gasteiger partial charge in [-0.2, -0.15) is 13.2 Å². The summed E-state index contributed by atoms with van der Waals surface area (Å²) in [4.78, 5) is 24.4. The van der Waals surface area contributed by atoms with Crippen molar-refractivity contribution in [3.05, 3.63) is 0 Å². The molecule has 0 heterocycles. The van der Waals surface area contributed by atoms with E-state index in [0.29, 0.717) is 30.1 Å². The van der Waals surface area contributed by atoms with Gasteiger partial charge in [-0.15, -0.1) is 0 Å². The Bertz CT molecular complexity index is 970. The van der Waals surface area contributed by atoms with Crippen LogP contribution in [-0.4, -0.2) is 64.5 Å². The third-order valence-electron chi connectivity index (χ3n) is 12.5. The van der Waals surface area contributed by atoms with Gasteiger partial charge in [0.1, 0.15) is 12.2 Å². The number of hydrogen-bond donors (Lipinski definition) is 3. The second-order valence-electron chi connectivity index (χ2n) is 14.5. The summed E-state index contributed by atoms with van der Waals surface area (Å²) in [5.41, 5.74) is -2.63. The third-order valence-corrected chi connectivity index (χ3v) is 12.5. The van der Waals surface area contributed by atoms with Crippen molar-refractivity contribution in [3.63, 3.8) is 0 Å². The normalized spacial score (nSPS) is 39.5. The Morgan fingerprint density at radius 2 is 1.48 bits per heavy atom. The first kappa shape index (κ1) is 33.5. The molecule has 0 radical (unpaired) electrons. The van der Waals surface area contributed by atoms with Gasteiger partial charge in [0.2, 0.25) is 0 Å². The standard InChI is InChI=1S/C32H51F3O7/c1-19(20(2)41-27(38)6-5-7-28(39)42-22(17-36)18-37)24-10-11-25-23-9-8-21-16-31(40,32(33,34)35)15-14-29(21,3)26(23)12-13-30(24,25)4/h19-26,36-37,40H,5-18H2,1-4H3/t19-,20-,21-,23+,24-,25+,26+,29+,30-,31-/m1/s1. The van der Waals surface area contributed by atoms with Crippen LogP contribution in [0.1, 0.15) is 105 Å². The van der Waals surface area contributed by atoms with E-state index in [2.05, 4.69) is 20.8 Å². The maximum atomic E-state index is 13.7. The van der Waals surface area contributed by atoms with Crippen molar-refractivity contribution in [2.45, 2.75) is 129 Å². The van der Waals surface area contributed by atoms with Crippen molar-refractivity contribution in [2.24, 2.45) is 46.3 Å². The summed E-state index contributed by atoms with van der Waals surface area (Å²) in [5.74, 6) is 0.832. The van der Waals surface area contributed by atoms with Crippen LogP contribution in [0.25, 0.3) is 0 Å². The summed E-state index contributed by atoms with van der Waals surface area (Å²) in [7, 11) is 0. The molecule has 4 saturated carbocycles. The van der Waals surface area contributed by atoms with Crippen LogP contribution in [0.4, 0.5) is 13.2 Å². The molecule has 3 N–H and O–H groups in total. The number of hydrogen-bond acceptors (Lipinski definition) is 7. The summed E-state index contributed by atoms with van der Waals surface area (Å²) >= 11 is 0. The number of ether oxygens (including phenoxy) is 2. The molecular weight excluding hydrogens is 553 g/mol. The second kappa shape index (κ2) is 12.5. The van der Waals surface area contributed by atoms with Gasteiger partial charge < -0.3 is 24.8 Å². The molecule has 0 saturated heterocycles. The lowest BCUT2D eigenvalue weighted by atomic mass is 9.43. The topological polar surface area (TPSA) is 113 Å². The molecule has 10 heteroatoms. The van der Waals surface area contributed by atoms with Gasteiger partial charge in [-0.25, -0.2) is 0 Å². The van der Waals surface area contributed by atoms with Gasteiger partial charge in [-0.1, -0.05) is 20.8 Å². The minimum Gasteiger partial charge on any atom is -0.462 e. The molecule has 0 aromatic rings. The Hall–Kier alpha value is -1.39. The zero-order valence-electron chi connectivity index (χ0n) is 25.6. The third kappa shape index (κ3) is 6.23. The number of aliphatic hydroxyl groups excluding tert-OH is 2. The molecule has 0 amide bonds. The lowest BCUT2D eigenvalue weighted by Gasteiger charge is -2.62. The fraction of sp³-hybridized carbons (Fsp3) is 0.938. The van der Waals surface area contributed by atoms with Crippen LogP contribution in [0.3, 0.4) is 0 Å². The minimum absolute atomic E-state index is 0.00423. The van der Waals surface area contributed by atoms with E-state index in [-0.39, 0.29) is 66.8 Å². The Kier molecular flexibility index (Phi) is 10.0. The van der Waals surface area contributed by atoms with Gasteiger partial charge in [0.05, 0.1) is 13.2 Å². The van der Waals surface area contributed by atoms with E-state index >= 15 is 0 Å². The first-order chi connectivity index (χ1) is 19.6. The Morgan fingerprint density at radius 1 is 0.857 bits per heavy atom. The van der Waals surface area contributed by atoms with E-state index in [9.17, 15) is 27.9 Å². The summed E-state index contributed by atoms with van der Waals surface area (Å²) in [5, 5.41) is 28.5. The van der Waals surface area contributed by atoms with Gasteiger partial charge in [0, 0.05) is 12.8 Å². The molecule has 0 aliphatic heterocycles. The van der Waals surface area contributed by atoms with E-state index in [0.717, 1.165) is 38.5 Å². The SMILES string of the molecule is C[C@@H]([C@H]1CC[C@H]2[C@@H]3CC[C@@H]4C[C@@](O)(C(F)(F)F)CC[C@]4(C)[C@H]3CC[C@]12C)[C@@H](C)OC(=O)CCCC(=O)OC(CO)CO. The summed E-state index contributed by atoms with van der Waals surface area (Å²) in [6, 6.07) is 0. The minimum atomic E-state index is -4.58. The van der Waals surface area contributed by atoms with Crippen LogP contribution >= 0.6 is 0 Å². The van der Waals surface area contributed by atoms with Crippen LogP contribution in [0, 0.1) is 46.3 Å². The van der Waals surface area contributed by atoms with E-state index < -0.39 is 37.1 Å². The highest BCUT2D eigenvalue weighted by molar-refractivity contribution is 5.72. The predicted octanol–water partition coefficient (Wildman–Crippen LogP) is 5.57. The van der Waals surface area contributed by atoms with Crippen LogP contribution < -0.4 is 0 Å². The molecule has 42 heavy (non-hydrogen) atoms. The molecular formula is C32H51F3O7. The largest absolute Gasteiger partial charge is 0.462 e. The van der Waals surface area contributed by atoms with Crippen molar-refractivity contribution in [1.82, 2.24) is 0 Å². The van der Waals surface area contributed by atoms with Gasteiger partial charge >= 0.3 is 18.1 Å². The van der Waals surface area contributed by atoms with E-state index in [1.807, 2.05) is 6.92 Å². The maximum Gasteiger partial charge on any atom is 0.417 e. The predicted molar refractivity (Wildman–Crippen MR) is 149 cm³/mol. The molecule has 0 spiro atoms. The number of alkyl halides is 3. The van der Waals surface area contributed by atoms with Gasteiger partial charge in [-0.3, -0.25) is 9.59 Å². The fourth-order valence-electron chi connectivity index (χ4n) is 9.86. The second-order valence-corrected chi connectivity index (χ2v) is 14.5. The molecule has 4 fully saturated rings. The molecule has 0 aromatic heterocycles. The van der Waals surface area contributed by atoms with Crippen molar-refractivity contribution < 1.29 is 47.6 Å². The van der Waals surface area contributed by atoms with Crippen molar-refractivity contribution >= 4 is 11.9 Å². The zero-order chi connectivity index (χ0) is 31.1. The smallest absolute Gasteiger partial charge is 0.417 e. The zero-order valence-corrected chi connectivity index (χ0v) is 25.6. The molecule has 0 aromatic carbocycles. The van der Waals surface area contributed by atoms with Crippen molar-refractivity contribution in [1.29, 1.82) is 0 Å². The lowest BCUT2D eigenvalue weighted by Crippen LogP contribution is -2.59. The van der Waals surface area contributed by atoms with E-state index in [1.54, 1.807) is 0 Å². The summed E-state index contributed by atoms with van der Waals surface area (Å²) in [6.07, 6.45) is 0.365. The van der Waals surface area contributed by atoms with Crippen molar-refractivity contribution in [3.8, 4) is 0 Å². The quantitative estimate of drug-likeness (QED) is 0.279. The summed E-state index contributed by atoms with van der Waals surface area (Å²) in [6.45, 7) is 7.73. The number of esters is 2. The molecule has 242 valence electrons. The first-order valence-corrected chi connectivity index (χ1v) is 16.0. The number of aliphatic hydroxyl groups is 3. The Morgan fingerprint density at radius 3 is 2.10 bits per heavy atom. The van der Waals surface area contributed by atoms with Crippen LogP contribution in [0.5, 0.6) is 0 Å². The van der Waals surface area contributed by atoms with E-state index in [1.165, 1.54) is 0 Å². The Balaban J connectivity index is 1.32. The lowest BCUT2D eigenvalue weighted by molar-refractivity contribution is -0.290. The number of carbonyl (C=O) groups is 2. The molecule has 10 atom stereocenters. The summed E-state index contributed by atoms with van der Waals surface area (Å²) < 4.78 is 51.8. The molecule has 4 aliphatic rings. The average Bonchev–Trinajstić information content (AvgIpc) is 3.28. The van der Waals surface area contributed by atoms with Gasteiger partial charge in [0.15, 0.2) is 5.60 Å². The first-order valence-electron chi connectivity index (χ1n) is 16.0. The number of halogens is 3. The number of carbonyl (C=O) groups excluding carboxylic acids is 2. The molecule has 4 aliphatic carbocycles. The highest BCUT2D eigenvalue weighted by Crippen LogP contribution is 2.69. The average molecular weight is 605 g/mol. The Labute approximate surface area is 247 Å². The highest BCUT2D eigenvalue weighted by Gasteiger charge is 2.65. The molecule has 4 rings (SSSR count). The molecule has 0 bridgehead atoms. The van der Waals surface area contributed by atoms with Crippen LogP contribution in [0.2, 0.25) is 0 Å². The van der Waals surface area contributed by atoms with Crippen LogP contribution in [-0.2, 0) is 19.1 Å². The van der Waals surface area contributed by atoms with Gasteiger partial charge in [-0.05, 0) is 117 Å². The van der Waals surface area contributed by atoms with Crippen LogP contribution in [0.15, 0.2) is 0 Å². The maximum absolute atomic E-state index is 13.7. The van der Waals surface area contributed by atoms with E-state index in [4.69, 9.17) is 19.7 Å². The highest BCUT2D eigenvalue weighted by atomic mass is 19.4. The van der Waals surface area contributed by atoms with Crippen molar-refractivity contribution in [2.75, 3.05) is 13.2 Å². The molecule has 0 unspecified atom stereocenters. The number of rotatable bonds is 10. The van der Waals surface area contributed by atoms with Gasteiger partial charge in [0.25, 0.3) is 0 Å². The monoisotopic (exact) mass is 604 g/mol. The fourth-order valence-corrected chi connectivity index (χ4v) is 9.86. The molecule has 7 nitrogen and oxygen atoms in total.